The Morgan fingerprint density at radius 2 is 1.58 bits per heavy atom. The molecule has 0 radical (unpaired) electrons. The molecule has 0 aromatic heterocycles. The molecule has 6 nitrogen and oxygen atoms in total. The van der Waals surface area contributed by atoms with Crippen molar-refractivity contribution in [3.05, 3.63) is 101 Å². The third-order valence-electron chi connectivity index (χ3n) is 5.80. The van der Waals surface area contributed by atoms with E-state index < -0.39 is 17.7 Å². The number of benzene rings is 3. The van der Waals surface area contributed by atoms with E-state index in [0.717, 1.165) is 5.56 Å². The van der Waals surface area contributed by atoms with Crippen LogP contribution in [-0.2, 0) is 16.0 Å². The van der Waals surface area contributed by atoms with Crippen molar-refractivity contribution in [2.24, 2.45) is 0 Å². The average molecular weight is 443 g/mol. The molecule has 0 spiro atoms. The highest BCUT2D eigenvalue weighted by Crippen LogP contribution is 2.40. The number of hydrogen-bond donors (Lipinski definition) is 1. The number of aliphatic hydroxyl groups excluding tert-OH is 1. The summed E-state index contributed by atoms with van der Waals surface area (Å²) in [6.45, 7) is 0.334. The van der Waals surface area contributed by atoms with Crippen molar-refractivity contribution in [1.29, 1.82) is 0 Å². The number of methoxy groups -OCH3 is 2. The number of amides is 1. The zero-order chi connectivity index (χ0) is 23.4. The van der Waals surface area contributed by atoms with Gasteiger partial charge in [-0.25, -0.2) is 0 Å². The summed E-state index contributed by atoms with van der Waals surface area (Å²) in [6, 6.07) is 23.0. The zero-order valence-electron chi connectivity index (χ0n) is 18.5. The number of aliphatic hydroxyl groups is 1. The minimum absolute atomic E-state index is 0.0616. The van der Waals surface area contributed by atoms with Gasteiger partial charge in [-0.05, 0) is 41.8 Å². The molecular weight excluding hydrogens is 418 g/mol. The maximum Gasteiger partial charge on any atom is 0.295 e. The minimum Gasteiger partial charge on any atom is -0.507 e. The number of ketones is 1. The number of carbonyl (C=O) groups is 2. The summed E-state index contributed by atoms with van der Waals surface area (Å²) in [5.74, 6) is -0.359. The van der Waals surface area contributed by atoms with Gasteiger partial charge >= 0.3 is 0 Å². The lowest BCUT2D eigenvalue weighted by atomic mass is 9.95. The standard InChI is InChI=1S/C27H25NO5/c1-32-21-13-11-19(12-14-21)24-23(25(29)20-9-6-10-22(17-20)33-2)26(30)27(31)28(24)16-15-18-7-4-3-5-8-18/h3-14,17,24,29H,15-16H2,1-2H3. The van der Waals surface area contributed by atoms with E-state index >= 15 is 0 Å². The fourth-order valence-corrected chi connectivity index (χ4v) is 4.06. The highest BCUT2D eigenvalue weighted by molar-refractivity contribution is 6.46. The second-order valence-electron chi connectivity index (χ2n) is 7.73. The van der Waals surface area contributed by atoms with E-state index in [9.17, 15) is 14.7 Å². The molecule has 1 heterocycles. The van der Waals surface area contributed by atoms with E-state index in [-0.39, 0.29) is 11.3 Å². The van der Waals surface area contributed by atoms with Gasteiger partial charge in [0.05, 0.1) is 25.8 Å². The van der Waals surface area contributed by atoms with Gasteiger partial charge in [0.25, 0.3) is 11.7 Å². The Balaban J connectivity index is 1.79. The van der Waals surface area contributed by atoms with Crippen LogP contribution in [0.2, 0.25) is 0 Å². The predicted octanol–water partition coefficient (Wildman–Crippen LogP) is 4.37. The Bertz CT molecular complexity index is 1180. The summed E-state index contributed by atoms with van der Waals surface area (Å²) in [7, 11) is 3.10. The Kier molecular flexibility index (Phi) is 6.45. The molecule has 1 unspecified atom stereocenters. The summed E-state index contributed by atoms with van der Waals surface area (Å²) in [6.07, 6.45) is 0.583. The van der Waals surface area contributed by atoms with Crippen molar-refractivity contribution < 1.29 is 24.2 Å². The molecule has 0 saturated carbocycles. The SMILES string of the molecule is COc1ccc(C2C(=C(O)c3cccc(OC)c3)C(=O)C(=O)N2CCc2ccccc2)cc1. The van der Waals surface area contributed by atoms with E-state index in [2.05, 4.69) is 0 Å². The van der Waals surface area contributed by atoms with Gasteiger partial charge < -0.3 is 19.5 Å². The third kappa shape index (κ3) is 4.46. The summed E-state index contributed by atoms with van der Waals surface area (Å²) in [5, 5.41) is 11.2. The van der Waals surface area contributed by atoms with Gasteiger partial charge in [0.1, 0.15) is 17.3 Å². The van der Waals surface area contributed by atoms with Crippen molar-refractivity contribution in [3.8, 4) is 11.5 Å². The van der Waals surface area contributed by atoms with Crippen molar-refractivity contribution in [2.45, 2.75) is 12.5 Å². The molecule has 168 valence electrons. The van der Waals surface area contributed by atoms with Crippen LogP contribution in [0.15, 0.2) is 84.4 Å². The van der Waals surface area contributed by atoms with E-state index in [1.54, 1.807) is 43.5 Å². The molecule has 1 N–H and O–H groups in total. The van der Waals surface area contributed by atoms with Crippen molar-refractivity contribution in [2.75, 3.05) is 20.8 Å². The quantitative estimate of drug-likeness (QED) is 0.333. The molecule has 0 bridgehead atoms. The molecule has 1 fully saturated rings. The van der Waals surface area contributed by atoms with Gasteiger partial charge in [-0.3, -0.25) is 9.59 Å². The van der Waals surface area contributed by atoms with Crippen LogP contribution in [0.25, 0.3) is 5.76 Å². The molecule has 4 rings (SSSR count). The Labute approximate surface area is 192 Å². The molecule has 3 aromatic carbocycles. The molecule has 0 aliphatic carbocycles. The Hall–Kier alpha value is -4.06. The van der Waals surface area contributed by atoms with Gasteiger partial charge in [0, 0.05) is 12.1 Å². The van der Waals surface area contributed by atoms with Gasteiger partial charge in [-0.1, -0.05) is 54.6 Å². The van der Waals surface area contributed by atoms with Gasteiger partial charge in [0.15, 0.2) is 0 Å². The van der Waals surface area contributed by atoms with Crippen LogP contribution in [-0.4, -0.2) is 42.5 Å². The number of nitrogens with zero attached hydrogens (tertiary/aromatic N) is 1. The molecule has 33 heavy (non-hydrogen) atoms. The summed E-state index contributed by atoms with van der Waals surface area (Å²) >= 11 is 0. The van der Waals surface area contributed by atoms with Crippen molar-refractivity contribution in [3.63, 3.8) is 0 Å². The lowest BCUT2D eigenvalue weighted by Gasteiger charge is -2.25. The molecule has 1 saturated heterocycles. The minimum atomic E-state index is -0.717. The predicted molar refractivity (Wildman–Crippen MR) is 125 cm³/mol. The fraction of sp³-hybridized carbons (Fsp3) is 0.185. The Morgan fingerprint density at radius 1 is 0.879 bits per heavy atom. The normalized spacial score (nSPS) is 17.3. The molecular formula is C27H25NO5. The number of Topliss-reactive ketones (excluding diaryl/α,β-unsaturated/α-hetero) is 1. The largest absolute Gasteiger partial charge is 0.507 e. The van der Waals surface area contributed by atoms with E-state index in [1.807, 2.05) is 42.5 Å². The summed E-state index contributed by atoms with van der Waals surface area (Å²) in [4.78, 5) is 27.8. The lowest BCUT2D eigenvalue weighted by Crippen LogP contribution is -2.31. The van der Waals surface area contributed by atoms with Crippen LogP contribution in [0.1, 0.15) is 22.7 Å². The van der Waals surface area contributed by atoms with E-state index in [4.69, 9.17) is 9.47 Å². The van der Waals surface area contributed by atoms with Crippen LogP contribution < -0.4 is 9.47 Å². The number of carbonyl (C=O) groups excluding carboxylic acids is 2. The van der Waals surface area contributed by atoms with Crippen LogP contribution in [0.5, 0.6) is 11.5 Å². The van der Waals surface area contributed by atoms with Crippen LogP contribution in [0.4, 0.5) is 0 Å². The molecule has 1 aliphatic rings. The maximum absolute atomic E-state index is 13.1. The van der Waals surface area contributed by atoms with Crippen LogP contribution in [0.3, 0.4) is 0 Å². The third-order valence-corrected chi connectivity index (χ3v) is 5.80. The van der Waals surface area contributed by atoms with Crippen LogP contribution in [0, 0.1) is 0 Å². The second-order valence-corrected chi connectivity index (χ2v) is 7.73. The number of likely N-dealkylation sites (tertiary alicyclic amines) is 1. The van der Waals surface area contributed by atoms with Gasteiger partial charge in [-0.15, -0.1) is 0 Å². The topological polar surface area (TPSA) is 76.1 Å². The monoisotopic (exact) mass is 443 g/mol. The Morgan fingerprint density at radius 3 is 2.24 bits per heavy atom. The first-order chi connectivity index (χ1) is 16.0. The van der Waals surface area contributed by atoms with E-state index in [0.29, 0.717) is 35.6 Å². The average Bonchev–Trinajstić information content (AvgIpc) is 3.12. The molecule has 1 atom stereocenters. The molecule has 6 heteroatoms. The maximum atomic E-state index is 13.1. The second kappa shape index (κ2) is 9.61. The number of ether oxygens (including phenoxy) is 2. The summed E-state index contributed by atoms with van der Waals surface area (Å²) in [5.41, 5.74) is 2.24. The molecule has 1 amide bonds. The van der Waals surface area contributed by atoms with Crippen LogP contribution >= 0.6 is 0 Å². The van der Waals surface area contributed by atoms with Crippen molar-refractivity contribution in [1.82, 2.24) is 4.90 Å². The van der Waals surface area contributed by atoms with Gasteiger partial charge in [0.2, 0.25) is 0 Å². The lowest BCUT2D eigenvalue weighted by molar-refractivity contribution is -0.139. The molecule has 3 aromatic rings. The summed E-state index contributed by atoms with van der Waals surface area (Å²) < 4.78 is 10.5. The number of hydrogen-bond acceptors (Lipinski definition) is 5. The van der Waals surface area contributed by atoms with E-state index in [1.165, 1.54) is 12.0 Å². The first kappa shape index (κ1) is 22.1. The van der Waals surface area contributed by atoms with Gasteiger partial charge in [-0.2, -0.15) is 0 Å². The smallest absolute Gasteiger partial charge is 0.295 e. The first-order valence-electron chi connectivity index (χ1n) is 10.6. The number of rotatable bonds is 7. The van der Waals surface area contributed by atoms with Crippen molar-refractivity contribution >= 4 is 17.4 Å². The highest BCUT2D eigenvalue weighted by atomic mass is 16.5. The first-order valence-corrected chi connectivity index (χ1v) is 10.6. The fourth-order valence-electron chi connectivity index (χ4n) is 4.06. The molecule has 1 aliphatic heterocycles. The highest BCUT2D eigenvalue weighted by Gasteiger charge is 2.45. The zero-order valence-corrected chi connectivity index (χ0v) is 18.5.